The molecule has 0 spiro atoms. The Morgan fingerprint density at radius 3 is 2.67 bits per heavy atom. The largest absolute Gasteiger partial charge is 0.458 e. The average molecular weight is 354 g/mol. The summed E-state index contributed by atoms with van der Waals surface area (Å²) >= 11 is 5.98. The number of anilines is 1. The molecule has 1 amide bonds. The highest BCUT2D eigenvalue weighted by molar-refractivity contribution is 6.29. The van der Waals surface area contributed by atoms with Crippen LogP contribution in [0.25, 0.3) is 0 Å². The number of piperidine rings is 1. The molecule has 1 aliphatic heterocycles. The van der Waals surface area contributed by atoms with Crippen LogP contribution in [-0.2, 0) is 9.53 Å². The van der Waals surface area contributed by atoms with Crippen molar-refractivity contribution in [2.45, 2.75) is 51.7 Å². The molecule has 1 aromatic heterocycles. The highest BCUT2D eigenvalue weighted by Crippen LogP contribution is 2.24. The lowest BCUT2D eigenvalue weighted by atomic mass is 10.0. The first kappa shape index (κ1) is 18.5. The van der Waals surface area contributed by atoms with Crippen molar-refractivity contribution >= 4 is 29.3 Å². The van der Waals surface area contributed by atoms with Crippen LogP contribution in [0.4, 0.5) is 5.82 Å². The van der Waals surface area contributed by atoms with Gasteiger partial charge in [-0.25, -0.2) is 9.78 Å². The Kier molecular flexibility index (Phi) is 5.70. The van der Waals surface area contributed by atoms with Crippen LogP contribution in [0.5, 0.6) is 0 Å². The van der Waals surface area contributed by atoms with Crippen LogP contribution in [0.3, 0.4) is 0 Å². The average Bonchev–Trinajstić information content (AvgIpc) is 2.51. The molecule has 0 saturated carbocycles. The molecule has 1 N–H and O–H groups in total. The summed E-state index contributed by atoms with van der Waals surface area (Å²) in [6.45, 7) is 5.99. The summed E-state index contributed by atoms with van der Waals surface area (Å²) in [5.41, 5.74) is -0.169. The SMILES string of the molecule is CNc1cc(C(=O)N2CCCCC2C(=O)OC(C)(C)C)cc(Cl)n1. The number of aromatic nitrogens is 1. The Morgan fingerprint density at radius 2 is 2.04 bits per heavy atom. The van der Waals surface area contributed by atoms with Crippen LogP contribution in [0.2, 0.25) is 5.15 Å². The fraction of sp³-hybridized carbons (Fsp3) is 0.588. The molecule has 6 nitrogen and oxygen atoms in total. The van der Waals surface area contributed by atoms with Gasteiger partial charge in [0.15, 0.2) is 0 Å². The molecule has 0 radical (unpaired) electrons. The van der Waals surface area contributed by atoms with Crippen LogP contribution in [0.15, 0.2) is 12.1 Å². The number of likely N-dealkylation sites (tertiary alicyclic amines) is 1. The standard InChI is InChI=1S/C17H24ClN3O3/c1-17(2,3)24-16(23)12-7-5-6-8-21(12)15(22)11-9-13(18)20-14(10-11)19-4/h9-10,12H,5-8H2,1-4H3,(H,19,20). The Labute approximate surface area is 147 Å². The van der Waals surface area contributed by atoms with Crippen LogP contribution in [-0.4, -0.2) is 47.0 Å². The molecule has 132 valence electrons. The fourth-order valence-corrected chi connectivity index (χ4v) is 2.91. The van der Waals surface area contributed by atoms with Crippen LogP contribution in [0, 0.1) is 0 Å². The number of pyridine rings is 1. The molecule has 1 fully saturated rings. The summed E-state index contributed by atoms with van der Waals surface area (Å²) in [4.78, 5) is 31.0. The van der Waals surface area contributed by atoms with E-state index in [1.807, 2.05) is 20.8 Å². The van der Waals surface area contributed by atoms with Gasteiger partial charge in [-0.2, -0.15) is 0 Å². The number of esters is 1. The summed E-state index contributed by atoms with van der Waals surface area (Å²) in [7, 11) is 1.71. The smallest absolute Gasteiger partial charge is 0.329 e. The predicted octanol–water partition coefficient (Wildman–Crippen LogP) is 3.11. The van der Waals surface area contributed by atoms with E-state index in [9.17, 15) is 9.59 Å². The lowest BCUT2D eigenvalue weighted by molar-refractivity contribution is -0.161. The van der Waals surface area contributed by atoms with Crippen molar-refractivity contribution in [3.05, 3.63) is 22.8 Å². The summed E-state index contributed by atoms with van der Waals surface area (Å²) in [6.07, 6.45) is 2.37. The van der Waals surface area contributed by atoms with Crippen molar-refractivity contribution in [2.75, 3.05) is 18.9 Å². The number of carbonyl (C=O) groups excluding carboxylic acids is 2. The maximum atomic E-state index is 12.9. The van der Waals surface area contributed by atoms with Crippen LogP contribution >= 0.6 is 11.6 Å². The number of halogens is 1. The fourth-order valence-electron chi connectivity index (χ4n) is 2.70. The van der Waals surface area contributed by atoms with Gasteiger partial charge in [0.2, 0.25) is 0 Å². The van der Waals surface area contributed by atoms with Crippen molar-refractivity contribution < 1.29 is 14.3 Å². The molecule has 0 aromatic carbocycles. The van der Waals surface area contributed by atoms with Crippen molar-refractivity contribution in [1.82, 2.24) is 9.88 Å². The second-order valence-corrected chi connectivity index (χ2v) is 7.24. The molecule has 1 atom stereocenters. The van der Waals surface area contributed by atoms with E-state index >= 15 is 0 Å². The first-order valence-electron chi connectivity index (χ1n) is 8.10. The lowest BCUT2D eigenvalue weighted by Gasteiger charge is -2.35. The maximum absolute atomic E-state index is 12.9. The van der Waals surface area contributed by atoms with E-state index in [1.165, 1.54) is 6.07 Å². The predicted molar refractivity (Wildman–Crippen MR) is 93.3 cm³/mol. The first-order valence-corrected chi connectivity index (χ1v) is 8.48. The monoisotopic (exact) mass is 353 g/mol. The van der Waals surface area contributed by atoms with Crippen molar-refractivity contribution in [1.29, 1.82) is 0 Å². The van der Waals surface area contributed by atoms with E-state index in [0.29, 0.717) is 24.3 Å². The van der Waals surface area contributed by atoms with Crippen molar-refractivity contribution in [2.24, 2.45) is 0 Å². The van der Waals surface area contributed by atoms with Gasteiger partial charge in [-0.05, 0) is 52.2 Å². The second kappa shape index (κ2) is 7.38. The number of hydrogen-bond acceptors (Lipinski definition) is 5. The van der Waals surface area contributed by atoms with E-state index in [2.05, 4.69) is 10.3 Å². The van der Waals surface area contributed by atoms with E-state index < -0.39 is 11.6 Å². The van der Waals surface area contributed by atoms with Crippen molar-refractivity contribution in [3.8, 4) is 0 Å². The zero-order valence-corrected chi connectivity index (χ0v) is 15.3. The third-order valence-electron chi connectivity index (χ3n) is 3.74. The Bertz CT molecular complexity index is 628. The highest BCUT2D eigenvalue weighted by Gasteiger charge is 2.35. The van der Waals surface area contributed by atoms with Gasteiger partial charge >= 0.3 is 5.97 Å². The third-order valence-corrected chi connectivity index (χ3v) is 3.93. The van der Waals surface area contributed by atoms with Gasteiger partial charge in [0.25, 0.3) is 5.91 Å². The molecular weight excluding hydrogens is 330 g/mol. The van der Waals surface area contributed by atoms with E-state index in [0.717, 1.165) is 12.8 Å². The first-order chi connectivity index (χ1) is 11.2. The number of rotatable bonds is 3. The van der Waals surface area contributed by atoms with Gasteiger partial charge in [0.05, 0.1) is 0 Å². The van der Waals surface area contributed by atoms with Crippen LogP contribution in [0.1, 0.15) is 50.4 Å². The molecule has 1 aromatic rings. The maximum Gasteiger partial charge on any atom is 0.329 e. The highest BCUT2D eigenvalue weighted by atomic mass is 35.5. The number of carbonyl (C=O) groups is 2. The number of amides is 1. The number of ether oxygens (including phenoxy) is 1. The molecule has 0 aliphatic carbocycles. The molecule has 0 bridgehead atoms. The minimum absolute atomic E-state index is 0.230. The molecule has 2 heterocycles. The number of nitrogens with one attached hydrogen (secondary N) is 1. The van der Waals surface area contributed by atoms with Gasteiger partial charge in [-0.15, -0.1) is 0 Å². The van der Waals surface area contributed by atoms with Gasteiger partial charge in [0, 0.05) is 19.2 Å². The van der Waals surface area contributed by atoms with Gasteiger partial charge in [-0.3, -0.25) is 4.79 Å². The Hall–Kier alpha value is -1.82. The Morgan fingerprint density at radius 1 is 1.33 bits per heavy atom. The van der Waals surface area contributed by atoms with Crippen molar-refractivity contribution in [3.63, 3.8) is 0 Å². The topological polar surface area (TPSA) is 71.5 Å². The Balaban J connectivity index is 2.25. The quantitative estimate of drug-likeness (QED) is 0.667. The molecule has 1 unspecified atom stereocenters. The molecule has 1 saturated heterocycles. The van der Waals surface area contributed by atoms with Crippen LogP contribution < -0.4 is 5.32 Å². The van der Waals surface area contributed by atoms with E-state index in [4.69, 9.17) is 16.3 Å². The molecule has 7 heteroatoms. The third kappa shape index (κ3) is 4.60. The molecular formula is C17H24ClN3O3. The van der Waals surface area contributed by atoms with Gasteiger partial charge in [-0.1, -0.05) is 11.6 Å². The summed E-state index contributed by atoms with van der Waals surface area (Å²) in [6, 6.07) is 2.59. The molecule has 24 heavy (non-hydrogen) atoms. The van der Waals surface area contributed by atoms with E-state index in [-0.39, 0.29) is 17.0 Å². The van der Waals surface area contributed by atoms with Gasteiger partial charge in [0.1, 0.15) is 22.6 Å². The minimum atomic E-state index is -0.581. The minimum Gasteiger partial charge on any atom is -0.458 e. The molecule has 1 aliphatic rings. The molecule has 2 rings (SSSR count). The number of hydrogen-bond donors (Lipinski definition) is 1. The van der Waals surface area contributed by atoms with E-state index in [1.54, 1.807) is 18.0 Å². The summed E-state index contributed by atoms with van der Waals surface area (Å²) in [5, 5.41) is 3.11. The summed E-state index contributed by atoms with van der Waals surface area (Å²) in [5.74, 6) is -0.0763. The normalized spacial score (nSPS) is 18.2. The summed E-state index contributed by atoms with van der Waals surface area (Å²) < 4.78 is 5.48. The second-order valence-electron chi connectivity index (χ2n) is 6.86. The zero-order chi connectivity index (χ0) is 17.9. The number of nitrogens with zero attached hydrogens (tertiary/aromatic N) is 2. The van der Waals surface area contributed by atoms with Gasteiger partial charge < -0.3 is 15.0 Å². The zero-order valence-electron chi connectivity index (χ0n) is 14.6. The lowest BCUT2D eigenvalue weighted by Crippen LogP contribution is -2.50.